The van der Waals surface area contributed by atoms with Crippen LogP contribution in [0.3, 0.4) is 0 Å². The highest BCUT2D eigenvalue weighted by Crippen LogP contribution is 2.28. The zero-order valence-electron chi connectivity index (χ0n) is 14.9. The quantitative estimate of drug-likeness (QED) is 0.424. The summed E-state index contributed by atoms with van der Waals surface area (Å²) in [5.41, 5.74) is -5.26. The van der Waals surface area contributed by atoms with Gasteiger partial charge in [-0.1, -0.05) is 18.2 Å². The monoisotopic (exact) mass is 408 g/mol. The maximum absolute atomic E-state index is 12.6. The number of benzene rings is 1. The molecule has 0 bridgehead atoms. The van der Waals surface area contributed by atoms with Gasteiger partial charge < -0.3 is 15.4 Å². The fourth-order valence-electron chi connectivity index (χ4n) is 2.63. The fraction of sp³-hybridized carbons (Fsp3) is 0.562. The average Bonchev–Trinajstić information content (AvgIpc) is 2.64. The standard InChI is InChI=1S/C16H23F3N4O3S/c1-20-15(21-9-12-26-14-5-3-2-4-6-14)22-13-7-10-23(11-8-13)27(24,25)16(17,18)19/h2-6,13H,7-12H2,1H3,(H2,20,21,22). The van der Waals surface area contributed by atoms with Gasteiger partial charge in [-0.05, 0) is 25.0 Å². The average molecular weight is 408 g/mol. The molecule has 0 aliphatic carbocycles. The first kappa shape index (κ1) is 21.3. The van der Waals surface area contributed by atoms with Gasteiger partial charge in [0.05, 0.1) is 6.54 Å². The Bertz CT molecular complexity index is 718. The van der Waals surface area contributed by atoms with E-state index in [2.05, 4.69) is 15.6 Å². The van der Waals surface area contributed by atoms with Gasteiger partial charge in [-0.3, -0.25) is 4.99 Å². The lowest BCUT2D eigenvalue weighted by molar-refractivity contribution is -0.0494. The van der Waals surface area contributed by atoms with Crippen molar-refractivity contribution < 1.29 is 26.3 Å². The van der Waals surface area contributed by atoms with Crippen LogP contribution in [0.2, 0.25) is 0 Å². The van der Waals surface area contributed by atoms with Crippen LogP contribution in [0.25, 0.3) is 0 Å². The number of sulfonamides is 1. The maximum atomic E-state index is 12.6. The van der Waals surface area contributed by atoms with E-state index in [1.807, 2.05) is 30.3 Å². The molecule has 1 aliphatic rings. The molecule has 152 valence electrons. The summed E-state index contributed by atoms with van der Waals surface area (Å²) in [6, 6.07) is 9.16. The van der Waals surface area contributed by atoms with Gasteiger partial charge in [-0.15, -0.1) is 0 Å². The minimum Gasteiger partial charge on any atom is -0.492 e. The SMILES string of the molecule is CN=C(NCCOc1ccccc1)NC1CCN(S(=O)(=O)C(F)(F)F)CC1. The lowest BCUT2D eigenvalue weighted by atomic mass is 10.1. The van der Waals surface area contributed by atoms with Crippen LogP contribution < -0.4 is 15.4 Å². The molecule has 0 aromatic heterocycles. The topological polar surface area (TPSA) is 83.0 Å². The number of alkyl halides is 3. The number of guanidine groups is 1. The number of hydrogen-bond acceptors (Lipinski definition) is 4. The first-order chi connectivity index (χ1) is 12.7. The number of ether oxygens (including phenoxy) is 1. The van der Waals surface area contributed by atoms with Crippen LogP contribution in [0.1, 0.15) is 12.8 Å². The van der Waals surface area contributed by atoms with Crippen LogP contribution in [0.4, 0.5) is 13.2 Å². The van der Waals surface area contributed by atoms with Gasteiger partial charge >= 0.3 is 15.5 Å². The zero-order chi connectivity index (χ0) is 19.9. The Kier molecular flexibility index (Phi) is 7.31. The van der Waals surface area contributed by atoms with Crippen molar-refractivity contribution in [1.29, 1.82) is 0 Å². The first-order valence-electron chi connectivity index (χ1n) is 8.45. The number of nitrogens with zero attached hydrogens (tertiary/aromatic N) is 2. The number of para-hydroxylation sites is 1. The normalized spacial score (nSPS) is 17.6. The Morgan fingerprint density at radius 2 is 1.89 bits per heavy atom. The molecule has 0 saturated carbocycles. The Morgan fingerprint density at radius 1 is 1.26 bits per heavy atom. The summed E-state index contributed by atoms with van der Waals surface area (Å²) >= 11 is 0. The van der Waals surface area contributed by atoms with Crippen molar-refractivity contribution >= 4 is 16.0 Å². The molecule has 27 heavy (non-hydrogen) atoms. The van der Waals surface area contributed by atoms with Crippen molar-refractivity contribution in [2.45, 2.75) is 24.4 Å². The second-order valence-electron chi connectivity index (χ2n) is 5.93. The van der Waals surface area contributed by atoms with Crippen LogP contribution in [0.5, 0.6) is 5.75 Å². The molecule has 1 aromatic carbocycles. The molecule has 0 spiro atoms. The fourth-order valence-corrected chi connectivity index (χ4v) is 3.61. The third-order valence-electron chi connectivity index (χ3n) is 4.06. The molecular weight excluding hydrogens is 385 g/mol. The van der Waals surface area contributed by atoms with E-state index >= 15 is 0 Å². The van der Waals surface area contributed by atoms with Gasteiger partial charge in [0.2, 0.25) is 0 Å². The van der Waals surface area contributed by atoms with Gasteiger partial charge in [0.25, 0.3) is 0 Å². The zero-order valence-corrected chi connectivity index (χ0v) is 15.7. The number of hydrogen-bond donors (Lipinski definition) is 2. The lowest BCUT2D eigenvalue weighted by Gasteiger charge is -2.32. The molecule has 1 fully saturated rings. The maximum Gasteiger partial charge on any atom is 0.511 e. The Balaban J connectivity index is 1.73. The van der Waals surface area contributed by atoms with Crippen LogP contribution >= 0.6 is 0 Å². The third kappa shape index (κ3) is 5.99. The van der Waals surface area contributed by atoms with E-state index in [4.69, 9.17) is 4.74 Å². The molecule has 1 saturated heterocycles. The van der Waals surface area contributed by atoms with E-state index < -0.39 is 15.5 Å². The van der Waals surface area contributed by atoms with E-state index in [-0.39, 0.29) is 32.0 Å². The largest absolute Gasteiger partial charge is 0.511 e. The summed E-state index contributed by atoms with van der Waals surface area (Å²) < 4.78 is 66.6. The van der Waals surface area contributed by atoms with E-state index in [1.165, 1.54) is 0 Å². The molecule has 11 heteroatoms. The van der Waals surface area contributed by atoms with Crippen molar-refractivity contribution in [1.82, 2.24) is 14.9 Å². The minimum atomic E-state index is -5.26. The lowest BCUT2D eigenvalue weighted by Crippen LogP contribution is -2.52. The molecule has 1 aliphatic heterocycles. The van der Waals surface area contributed by atoms with Crippen LogP contribution in [-0.2, 0) is 10.0 Å². The van der Waals surface area contributed by atoms with Crippen LogP contribution in [-0.4, -0.2) is 63.5 Å². The highest BCUT2D eigenvalue weighted by Gasteiger charge is 2.50. The van der Waals surface area contributed by atoms with Gasteiger partial charge in [0.1, 0.15) is 12.4 Å². The summed E-state index contributed by atoms with van der Waals surface area (Å²) in [7, 11) is -3.68. The van der Waals surface area contributed by atoms with Crippen LogP contribution in [0.15, 0.2) is 35.3 Å². The Morgan fingerprint density at radius 3 is 2.44 bits per heavy atom. The van der Waals surface area contributed by atoms with Crippen molar-refractivity contribution in [3.8, 4) is 5.75 Å². The van der Waals surface area contributed by atoms with Crippen molar-refractivity contribution in [3.05, 3.63) is 30.3 Å². The van der Waals surface area contributed by atoms with E-state index in [0.717, 1.165) is 5.75 Å². The molecule has 2 rings (SSSR count). The molecule has 2 N–H and O–H groups in total. The summed E-state index contributed by atoms with van der Waals surface area (Å²) in [5.74, 6) is 1.24. The molecular formula is C16H23F3N4O3S. The third-order valence-corrected chi connectivity index (χ3v) is 5.69. The number of halogens is 3. The smallest absolute Gasteiger partial charge is 0.492 e. The minimum absolute atomic E-state index is 0.161. The highest BCUT2D eigenvalue weighted by molar-refractivity contribution is 7.90. The number of aliphatic imine (C=N–C) groups is 1. The number of nitrogens with one attached hydrogen (secondary N) is 2. The predicted octanol–water partition coefficient (Wildman–Crippen LogP) is 1.54. The number of rotatable bonds is 6. The second kappa shape index (κ2) is 9.27. The molecule has 1 aromatic rings. The van der Waals surface area contributed by atoms with Crippen molar-refractivity contribution in [3.63, 3.8) is 0 Å². The highest BCUT2D eigenvalue weighted by atomic mass is 32.2. The van der Waals surface area contributed by atoms with E-state index in [1.54, 1.807) is 7.05 Å². The van der Waals surface area contributed by atoms with E-state index in [0.29, 0.717) is 23.4 Å². The molecule has 0 radical (unpaired) electrons. The second-order valence-corrected chi connectivity index (χ2v) is 7.86. The molecule has 0 amide bonds. The summed E-state index contributed by atoms with van der Waals surface area (Å²) in [5, 5.41) is 6.15. The molecule has 0 atom stereocenters. The van der Waals surface area contributed by atoms with E-state index in [9.17, 15) is 21.6 Å². The van der Waals surface area contributed by atoms with Gasteiger partial charge in [-0.2, -0.15) is 17.5 Å². The summed E-state index contributed by atoms with van der Waals surface area (Å²) in [6.45, 7) is 0.518. The van der Waals surface area contributed by atoms with Crippen molar-refractivity contribution in [2.24, 2.45) is 4.99 Å². The van der Waals surface area contributed by atoms with Crippen molar-refractivity contribution in [2.75, 3.05) is 33.3 Å². The first-order valence-corrected chi connectivity index (χ1v) is 9.89. The molecule has 7 nitrogen and oxygen atoms in total. The summed E-state index contributed by atoms with van der Waals surface area (Å²) in [6.07, 6.45) is 0.521. The Labute approximate surface area is 156 Å². The van der Waals surface area contributed by atoms with Gasteiger partial charge in [-0.25, -0.2) is 8.42 Å². The molecule has 1 heterocycles. The Hall–Kier alpha value is -2.01. The van der Waals surface area contributed by atoms with Crippen LogP contribution in [0, 0.1) is 0 Å². The van der Waals surface area contributed by atoms with Gasteiger partial charge in [0.15, 0.2) is 5.96 Å². The number of piperidine rings is 1. The predicted molar refractivity (Wildman–Crippen MR) is 96.0 cm³/mol. The summed E-state index contributed by atoms with van der Waals surface area (Å²) in [4.78, 5) is 4.06. The molecule has 0 unspecified atom stereocenters. The van der Waals surface area contributed by atoms with Gasteiger partial charge in [0, 0.05) is 26.2 Å².